The zero-order chi connectivity index (χ0) is 24.4. The van der Waals surface area contributed by atoms with Crippen molar-refractivity contribution >= 4 is 12.0 Å². The first-order chi connectivity index (χ1) is 17.0. The largest absolute Gasteiger partial charge is 0.487 e. The maximum Gasteiger partial charge on any atom is 0.324 e. The van der Waals surface area contributed by atoms with Crippen molar-refractivity contribution in [1.82, 2.24) is 24.7 Å². The van der Waals surface area contributed by atoms with Gasteiger partial charge in [-0.15, -0.1) is 0 Å². The fourth-order valence-corrected chi connectivity index (χ4v) is 4.90. The second-order valence-electron chi connectivity index (χ2n) is 9.30. The molecule has 2 N–H and O–H groups in total. The topological polar surface area (TPSA) is 128 Å². The molecule has 5 heterocycles. The molecular weight excluding hydrogens is 448 g/mol. The van der Waals surface area contributed by atoms with Crippen LogP contribution in [0.15, 0.2) is 46.1 Å². The Kier molecular flexibility index (Phi) is 6.67. The summed E-state index contributed by atoms with van der Waals surface area (Å²) in [6.45, 7) is 7.00. The molecule has 2 saturated heterocycles. The molecule has 0 bridgehead atoms. The summed E-state index contributed by atoms with van der Waals surface area (Å²) < 4.78 is 13.2. The molecule has 2 aliphatic heterocycles. The van der Waals surface area contributed by atoms with E-state index in [0.29, 0.717) is 36.7 Å². The zero-order valence-electron chi connectivity index (χ0n) is 20.2. The van der Waals surface area contributed by atoms with Crippen LogP contribution in [0.25, 0.3) is 0 Å². The van der Waals surface area contributed by atoms with Gasteiger partial charge in [-0.3, -0.25) is 4.79 Å². The molecule has 186 valence electrons. The van der Waals surface area contributed by atoms with Gasteiger partial charge in [-0.2, -0.15) is 4.98 Å². The maximum atomic E-state index is 12.2. The number of aromatic nitrogens is 5. The van der Waals surface area contributed by atoms with Gasteiger partial charge < -0.3 is 29.4 Å². The van der Waals surface area contributed by atoms with E-state index in [1.807, 2.05) is 17.9 Å². The number of ether oxygens (including phenoxy) is 1. The molecule has 0 saturated carbocycles. The highest BCUT2D eigenvalue weighted by Gasteiger charge is 2.33. The van der Waals surface area contributed by atoms with Crippen molar-refractivity contribution in [1.29, 1.82) is 0 Å². The Hall–Kier alpha value is -3.47. The van der Waals surface area contributed by atoms with Gasteiger partial charge in [0.1, 0.15) is 0 Å². The first kappa shape index (κ1) is 23.3. The normalized spacial score (nSPS) is 21.9. The third kappa shape index (κ3) is 5.00. The van der Waals surface area contributed by atoms with E-state index in [1.54, 1.807) is 35.3 Å². The second kappa shape index (κ2) is 10.0. The highest BCUT2D eigenvalue weighted by atomic mass is 16.5. The number of nitrogens with zero attached hydrogens (tertiary/aromatic N) is 7. The summed E-state index contributed by atoms with van der Waals surface area (Å²) >= 11 is 0. The predicted molar refractivity (Wildman–Crippen MR) is 131 cm³/mol. The molecule has 35 heavy (non-hydrogen) atoms. The number of hydrogen-bond donors (Lipinski definition) is 1. The van der Waals surface area contributed by atoms with Crippen molar-refractivity contribution < 1.29 is 9.26 Å². The number of anilines is 2. The monoisotopic (exact) mass is 480 g/mol. The van der Waals surface area contributed by atoms with Gasteiger partial charge in [0.05, 0.1) is 24.5 Å². The molecule has 0 radical (unpaired) electrons. The molecule has 0 aromatic carbocycles. The quantitative estimate of drug-likeness (QED) is 0.533. The predicted octanol–water partition coefficient (Wildman–Crippen LogP) is 1.66. The number of nitrogens with two attached hydrogens (primary N) is 1. The third-order valence-corrected chi connectivity index (χ3v) is 7.01. The first-order valence-electron chi connectivity index (χ1n) is 12.3. The second-order valence-corrected chi connectivity index (χ2v) is 9.30. The van der Waals surface area contributed by atoms with Crippen LogP contribution in [-0.4, -0.2) is 63.0 Å². The molecule has 0 amide bonds. The number of pyridine rings is 1. The van der Waals surface area contributed by atoms with Crippen LogP contribution in [0.3, 0.4) is 0 Å². The SMILES string of the molecule is CCc1noc(N2CCC([C@H](C)Oc3cnc(N4CC(n5ccccc5=O)[C@@H](N)C4)nc3)CC2)n1. The van der Waals surface area contributed by atoms with E-state index in [-0.39, 0.29) is 23.7 Å². The molecule has 0 aliphatic carbocycles. The lowest BCUT2D eigenvalue weighted by Gasteiger charge is -2.33. The minimum absolute atomic E-state index is 0.0371. The number of aryl methyl sites for hydroxylation is 1. The Morgan fingerprint density at radius 2 is 1.94 bits per heavy atom. The third-order valence-electron chi connectivity index (χ3n) is 7.01. The van der Waals surface area contributed by atoms with Crippen molar-refractivity contribution in [2.75, 3.05) is 36.0 Å². The molecule has 3 aromatic rings. The first-order valence-corrected chi connectivity index (χ1v) is 12.3. The smallest absolute Gasteiger partial charge is 0.324 e. The summed E-state index contributed by atoms with van der Waals surface area (Å²) in [7, 11) is 0. The molecule has 5 rings (SSSR count). The van der Waals surface area contributed by atoms with Crippen molar-refractivity contribution in [3.63, 3.8) is 0 Å². The summed E-state index contributed by atoms with van der Waals surface area (Å²) in [6, 6.07) is 5.45. The standard InChI is InChI=1S/C24H32N8O3/c1-3-21-28-24(35-29-21)30-10-7-17(8-11-30)16(2)34-18-12-26-23(27-13-18)31-14-19(25)20(15-31)32-9-5-4-6-22(32)33/h4-6,9,12-13,16-17,19-20H,3,7-8,10-11,14-15,25H2,1-2H3/t16-,19-,20?/m0/s1. The van der Waals surface area contributed by atoms with Crippen LogP contribution in [0.5, 0.6) is 5.75 Å². The van der Waals surface area contributed by atoms with Gasteiger partial charge in [-0.05, 0) is 31.7 Å². The Morgan fingerprint density at radius 1 is 1.17 bits per heavy atom. The lowest BCUT2D eigenvalue weighted by molar-refractivity contribution is 0.131. The fourth-order valence-electron chi connectivity index (χ4n) is 4.90. The van der Waals surface area contributed by atoms with Crippen LogP contribution in [-0.2, 0) is 6.42 Å². The highest BCUT2D eigenvalue weighted by Crippen LogP contribution is 2.28. The molecule has 11 heteroatoms. The van der Waals surface area contributed by atoms with Crippen LogP contribution < -0.4 is 25.8 Å². The summed E-state index contributed by atoms with van der Waals surface area (Å²) in [4.78, 5) is 29.8. The van der Waals surface area contributed by atoms with E-state index in [1.165, 1.54) is 0 Å². The molecule has 2 aliphatic rings. The minimum Gasteiger partial charge on any atom is -0.487 e. The van der Waals surface area contributed by atoms with Crippen LogP contribution in [0.2, 0.25) is 0 Å². The van der Waals surface area contributed by atoms with E-state index in [2.05, 4.69) is 31.9 Å². The van der Waals surface area contributed by atoms with E-state index in [4.69, 9.17) is 15.0 Å². The summed E-state index contributed by atoms with van der Waals surface area (Å²) in [5, 5.41) is 3.99. The van der Waals surface area contributed by atoms with E-state index < -0.39 is 0 Å². The van der Waals surface area contributed by atoms with E-state index >= 15 is 0 Å². The molecule has 2 fully saturated rings. The van der Waals surface area contributed by atoms with Crippen molar-refractivity contribution in [2.24, 2.45) is 11.7 Å². The molecule has 3 aromatic heterocycles. The van der Waals surface area contributed by atoms with Gasteiger partial charge in [0.15, 0.2) is 11.6 Å². The van der Waals surface area contributed by atoms with Gasteiger partial charge >= 0.3 is 6.01 Å². The van der Waals surface area contributed by atoms with E-state index in [9.17, 15) is 4.79 Å². The van der Waals surface area contributed by atoms with Crippen molar-refractivity contribution in [3.8, 4) is 5.75 Å². The zero-order valence-corrected chi connectivity index (χ0v) is 20.2. The van der Waals surface area contributed by atoms with E-state index in [0.717, 1.165) is 38.2 Å². The summed E-state index contributed by atoms with van der Waals surface area (Å²) in [6.07, 6.45) is 7.98. The Balaban J connectivity index is 1.15. The van der Waals surface area contributed by atoms with Crippen LogP contribution >= 0.6 is 0 Å². The summed E-state index contributed by atoms with van der Waals surface area (Å²) in [5.74, 6) is 2.39. The number of piperidine rings is 1. The van der Waals surface area contributed by atoms with Gasteiger partial charge in [0.25, 0.3) is 5.56 Å². The van der Waals surface area contributed by atoms with Gasteiger partial charge in [-0.25, -0.2) is 9.97 Å². The number of hydrogen-bond acceptors (Lipinski definition) is 10. The average Bonchev–Trinajstić information content (AvgIpc) is 3.52. The van der Waals surface area contributed by atoms with Crippen molar-refractivity contribution in [3.05, 3.63) is 53.0 Å². The average molecular weight is 481 g/mol. The van der Waals surface area contributed by atoms with Gasteiger partial charge in [-0.1, -0.05) is 18.1 Å². The maximum absolute atomic E-state index is 12.2. The summed E-state index contributed by atoms with van der Waals surface area (Å²) in [5.41, 5.74) is 6.29. The number of rotatable bonds is 7. The lowest BCUT2D eigenvalue weighted by atomic mass is 9.92. The molecule has 3 atom stereocenters. The fraction of sp³-hybridized carbons (Fsp3) is 0.542. The van der Waals surface area contributed by atoms with Gasteiger partial charge in [0.2, 0.25) is 5.95 Å². The molecular formula is C24H32N8O3. The minimum atomic E-state index is -0.179. The Labute approximate surface area is 203 Å². The highest BCUT2D eigenvalue weighted by molar-refractivity contribution is 5.35. The molecule has 0 spiro atoms. The van der Waals surface area contributed by atoms with Gasteiger partial charge in [0, 0.05) is 50.9 Å². The van der Waals surface area contributed by atoms with Crippen LogP contribution in [0.4, 0.5) is 12.0 Å². The van der Waals surface area contributed by atoms with Crippen LogP contribution in [0, 0.1) is 5.92 Å². The Morgan fingerprint density at radius 3 is 2.63 bits per heavy atom. The van der Waals surface area contributed by atoms with Crippen LogP contribution in [0.1, 0.15) is 38.6 Å². The molecule has 1 unspecified atom stereocenters. The lowest BCUT2D eigenvalue weighted by Crippen LogP contribution is -2.38. The Bertz CT molecular complexity index is 1170. The molecule has 11 nitrogen and oxygen atoms in total. The van der Waals surface area contributed by atoms with Crippen molar-refractivity contribution in [2.45, 2.75) is 51.3 Å².